The summed E-state index contributed by atoms with van der Waals surface area (Å²) in [5.74, 6) is 1.51. The highest BCUT2D eigenvalue weighted by molar-refractivity contribution is 5.99. The summed E-state index contributed by atoms with van der Waals surface area (Å²) in [6.45, 7) is 17.2. The van der Waals surface area contributed by atoms with E-state index in [1.165, 1.54) is 0 Å². The number of carbonyl (C=O) groups is 2. The molecule has 1 aliphatic carbocycles. The molecule has 11 heteroatoms. The van der Waals surface area contributed by atoms with Gasteiger partial charge in [0, 0.05) is 55.6 Å². The van der Waals surface area contributed by atoms with Gasteiger partial charge in [-0.15, -0.1) is 0 Å². The van der Waals surface area contributed by atoms with Crippen LogP contribution in [0.1, 0.15) is 109 Å². The summed E-state index contributed by atoms with van der Waals surface area (Å²) in [6, 6.07) is 3.99. The molecule has 244 valence electrons. The van der Waals surface area contributed by atoms with Crippen molar-refractivity contribution in [1.82, 2.24) is 14.9 Å². The molecule has 5 heterocycles. The van der Waals surface area contributed by atoms with Gasteiger partial charge in [0.15, 0.2) is 11.6 Å². The molecule has 0 bridgehead atoms. The second-order valence-electron chi connectivity index (χ2n) is 14.5. The lowest BCUT2D eigenvalue weighted by Crippen LogP contribution is -2.41. The first-order chi connectivity index (χ1) is 21.3. The van der Waals surface area contributed by atoms with E-state index in [9.17, 15) is 9.59 Å². The normalized spacial score (nSPS) is 21.0. The zero-order chi connectivity index (χ0) is 32.1. The maximum absolute atomic E-state index is 14.2. The Morgan fingerprint density at radius 2 is 1.51 bits per heavy atom. The van der Waals surface area contributed by atoms with Gasteiger partial charge >= 0.3 is 12.2 Å². The van der Waals surface area contributed by atoms with Crippen LogP contribution in [0.5, 0.6) is 5.75 Å². The van der Waals surface area contributed by atoms with Crippen LogP contribution in [0.15, 0.2) is 18.3 Å². The van der Waals surface area contributed by atoms with Crippen LogP contribution < -0.4 is 14.5 Å². The van der Waals surface area contributed by atoms with Crippen LogP contribution in [0.2, 0.25) is 0 Å². The van der Waals surface area contributed by atoms with Crippen molar-refractivity contribution in [2.45, 2.75) is 103 Å². The Hall–Kier alpha value is -3.60. The molecular weight excluding hydrogens is 574 g/mol. The second-order valence-corrected chi connectivity index (χ2v) is 14.5. The Bertz CT molecular complexity index is 1430. The lowest BCUT2D eigenvalue weighted by Gasteiger charge is -2.34. The van der Waals surface area contributed by atoms with Crippen LogP contribution >= 0.6 is 0 Å². The summed E-state index contributed by atoms with van der Waals surface area (Å²) in [5.41, 5.74) is 2.96. The highest BCUT2D eigenvalue weighted by Crippen LogP contribution is 2.53. The van der Waals surface area contributed by atoms with Crippen LogP contribution in [0, 0.1) is 0 Å². The van der Waals surface area contributed by atoms with Gasteiger partial charge < -0.3 is 28.7 Å². The molecule has 11 nitrogen and oxygen atoms in total. The summed E-state index contributed by atoms with van der Waals surface area (Å²) >= 11 is 0. The summed E-state index contributed by atoms with van der Waals surface area (Å²) in [5, 5.41) is 0. The molecule has 6 rings (SSSR count). The number of pyridine rings is 2. The number of likely N-dealkylation sites (tertiary alicyclic amines) is 1. The lowest BCUT2D eigenvalue weighted by atomic mass is 9.92. The van der Waals surface area contributed by atoms with E-state index >= 15 is 0 Å². The van der Waals surface area contributed by atoms with E-state index in [1.807, 2.05) is 60.6 Å². The van der Waals surface area contributed by atoms with E-state index in [0.717, 1.165) is 61.4 Å². The molecule has 4 aliphatic rings. The predicted octanol–water partition coefficient (Wildman–Crippen LogP) is 6.83. The third kappa shape index (κ3) is 6.83. The fourth-order valence-corrected chi connectivity index (χ4v) is 6.32. The van der Waals surface area contributed by atoms with Gasteiger partial charge in [-0.3, -0.25) is 4.98 Å². The third-order valence-electron chi connectivity index (χ3n) is 8.56. The van der Waals surface area contributed by atoms with E-state index in [0.29, 0.717) is 43.6 Å². The third-order valence-corrected chi connectivity index (χ3v) is 8.56. The number of carbonyl (C=O) groups excluding carboxylic acids is 2. The van der Waals surface area contributed by atoms with Crippen molar-refractivity contribution in [2.24, 2.45) is 0 Å². The minimum atomic E-state index is -0.721. The van der Waals surface area contributed by atoms with E-state index in [4.69, 9.17) is 28.9 Å². The molecular formula is C34H47N5O6. The van der Waals surface area contributed by atoms with Crippen molar-refractivity contribution in [2.75, 3.05) is 49.2 Å². The number of rotatable bonds is 3. The van der Waals surface area contributed by atoms with E-state index in [-0.39, 0.29) is 24.0 Å². The first-order valence-corrected chi connectivity index (χ1v) is 16.3. The first-order valence-electron chi connectivity index (χ1n) is 16.3. The summed E-state index contributed by atoms with van der Waals surface area (Å²) < 4.78 is 24.1. The molecule has 0 aromatic carbocycles. The number of anilines is 3. The number of aromatic nitrogens is 2. The van der Waals surface area contributed by atoms with E-state index < -0.39 is 17.3 Å². The molecule has 45 heavy (non-hydrogen) atoms. The largest absolute Gasteiger partial charge is 0.482 e. The average Bonchev–Trinajstić information content (AvgIpc) is 3.83. The molecule has 3 aliphatic heterocycles. The number of hydrogen-bond acceptors (Lipinski definition) is 9. The zero-order valence-corrected chi connectivity index (χ0v) is 27.7. The van der Waals surface area contributed by atoms with Crippen LogP contribution in [-0.4, -0.2) is 77.6 Å². The minimum Gasteiger partial charge on any atom is -0.482 e. The van der Waals surface area contributed by atoms with Crippen molar-refractivity contribution >= 4 is 29.4 Å². The highest BCUT2D eigenvalue weighted by atomic mass is 16.6. The van der Waals surface area contributed by atoms with Crippen LogP contribution in [0.4, 0.5) is 26.8 Å². The molecule has 2 amide bonds. The number of morpholine rings is 1. The van der Waals surface area contributed by atoms with Gasteiger partial charge in [-0.25, -0.2) is 19.5 Å². The van der Waals surface area contributed by atoms with Crippen molar-refractivity contribution in [3.05, 3.63) is 35.3 Å². The SMILES string of the molecule is CC1Oc2c(cc(C3CCN(C(=O)OC(C)(C)C)CC3)nc2C2CC2)N(C(=O)OC(C)(C)C)c2nccc(N3CCOCC3)c21. The Kier molecular flexibility index (Phi) is 8.34. The monoisotopic (exact) mass is 621 g/mol. The Balaban J connectivity index is 1.42. The highest BCUT2D eigenvalue weighted by Gasteiger charge is 2.41. The van der Waals surface area contributed by atoms with Crippen molar-refractivity contribution < 1.29 is 28.5 Å². The Morgan fingerprint density at radius 1 is 0.867 bits per heavy atom. The fraction of sp³-hybridized carbons (Fsp3) is 0.647. The number of nitrogens with zero attached hydrogens (tertiary/aromatic N) is 5. The van der Waals surface area contributed by atoms with Gasteiger partial charge in [-0.2, -0.15) is 0 Å². The van der Waals surface area contributed by atoms with Gasteiger partial charge in [-0.1, -0.05) is 0 Å². The van der Waals surface area contributed by atoms with Crippen LogP contribution in [0.3, 0.4) is 0 Å². The molecule has 0 N–H and O–H groups in total. The number of hydrogen-bond donors (Lipinski definition) is 0. The van der Waals surface area contributed by atoms with Gasteiger partial charge in [0.1, 0.15) is 17.3 Å². The molecule has 2 aromatic rings. The number of amides is 2. The predicted molar refractivity (Wildman–Crippen MR) is 171 cm³/mol. The maximum Gasteiger partial charge on any atom is 0.420 e. The van der Waals surface area contributed by atoms with Crippen LogP contribution in [-0.2, 0) is 14.2 Å². The topological polar surface area (TPSA) is 107 Å². The fourth-order valence-electron chi connectivity index (χ4n) is 6.32. The molecule has 1 atom stereocenters. The number of fused-ring (bicyclic) bond motifs is 2. The Labute approximate surface area is 266 Å². The zero-order valence-electron chi connectivity index (χ0n) is 27.7. The summed E-state index contributed by atoms with van der Waals surface area (Å²) in [4.78, 5) is 42.7. The molecule has 1 saturated carbocycles. The quantitative estimate of drug-likeness (QED) is 0.364. The Morgan fingerprint density at radius 3 is 2.13 bits per heavy atom. The van der Waals surface area contributed by atoms with Gasteiger partial charge in [-0.05, 0) is 86.3 Å². The molecule has 2 saturated heterocycles. The van der Waals surface area contributed by atoms with Crippen LogP contribution in [0.25, 0.3) is 0 Å². The molecule has 0 spiro atoms. The van der Waals surface area contributed by atoms with E-state index in [1.54, 1.807) is 16.0 Å². The number of ether oxygens (including phenoxy) is 4. The van der Waals surface area contributed by atoms with E-state index in [2.05, 4.69) is 4.90 Å². The molecule has 0 radical (unpaired) electrons. The lowest BCUT2D eigenvalue weighted by molar-refractivity contribution is 0.0203. The van der Waals surface area contributed by atoms with Crippen molar-refractivity contribution in [1.29, 1.82) is 0 Å². The molecule has 2 aromatic heterocycles. The van der Waals surface area contributed by atoms with Gasteiger partial charge in [0.25, 0.3) is 0 Å². The van der Waals surface area contributed by atoms with Gasteiger partial charge in [0.05, 0.1) is 30.2 Å². The molecule has 1 unspecified atom stereocenters. The second kappa shape index (κ2) is 12.0. The average molecular weight is 622 g/mol. The number of piperidine rings is 1. The standard InChI is InChI=1S/C34H47N5O6/c1-21-27-25(37-16-18-42-19-17-37)10-13-35-30(27)39(32(41)45-34(5,6)7)26-20-24(36-28(23-8-9-23)29(26)43-21)22-11-14-38(15-12-22)31(40)44-33(2,3)4/h10,13,20-23H,8-9,11-12,14-19H2,1-7H3. The smallest absolute Gasteiger partial charge is 0.420 e. The summed E-state index contributed by atoms with van der Waals surface area (Å²) in [7, 11) is 0. The first kappa shape index (κ1) is 31.4. The van der Waals surface area contributed by atoms with Gasteiger partial charge in [0.2, 0.25) is 0 Å². The van der Waals surface area contributed by atoms with Crippen molar-refractivity contribution in [3.63, 3.8) is 0 Å². The van der Waals surface area contributed by atoms with Crippen molar-refractivity contribution in [3.8, 4) is 5.75 Å². The maximum atomic E-state index is 14.2. The molecule has 3 fully saturated rings. The minimum absolute atomic E-state index is 0.111. The summed E-state index contributed by atoms with van der Waals surface area (Å²) in [6.07, 6.45) is 4.11.